The number of carboxylic acids is 1. The maximum atomic E-state index is 10.8. The van der Waals surface area contributed by atoms with Gasteiger partial charge in [0.25, 0.3) is 0 Å². The molecule has 0 spiro atoms. The second kappa shape index (κ2) is 8.24. The number of anilines is 1. The van der Waals surface area contributed by atoms with Crippen molar-refractivity contribution in [2.24, 2.45) is 0 Å². The van der Waals surface area contributed by atoms with Gasteiger partial charge in [0.15, 0.2) is 12.0 Å². The number of rotatable bonds is 7. The first-order chi connectivity index (χ1) is 11.4. The summed E-state index contributed by atoms with van der Waals surface area (Å²) >= 11 is 12.3. The lowest BCUT2D eigenvalue weighted by Gasteiger charge is -2.17. The summed E-state index contributed by atoms with van der Waals surface area (Å²) in [5.74, 6) is -0.620. The molecule has 1 atom stereocenters. The third kappa shape index (κ3) is 4.54. The fraction of sp³-hybridized carbons (Fsp3) is 0.235. The molecule has 2 rings (SSSR count). The first kappa shape index (κ1) is 18.4. The normalized spacial score (nSPS) is 11.8. The Balaban J connectivity index is 2.14. The predicted octanol–water partition coefficient (Wildman–Crippen LogP) is 4.58. The van der Waals surface area contributed by atoms with Gasteiger partial charge in [0, 0.05) is 11.3 Å². The Labute approximate surface area is 149 Å². The van der Waals surface area contributed by atoms with E-state index in [1.165, 1.54) is 12.1 Å². The van der Waals surface area contributed by atoms with Crippen LogP contribution >= 0.6 is 23.2 Å². The first-order valence-corrected chi connectivity index (χ1v) is 8.07. The van der Waals surface area contributed by atoms with E-state index in [9.17, 15) is 9.90 Å². The Morgan fingerprint density at radius 3 is 2.29 bits per heavy atom. The maximum Gasteiger partial charge on any atom is 0.335 e. The van der Waals surface area contributed by atoms with Gasteiger partial charge in [0.2, 0.25) is 0 Å². The SMILES string of the molecule is CCCOc1c(Cl)cc(C(O)Nc2ccc(C(=O)O)cc2)cc1Cl. The topological polar surface area (TPSA) is 78.8 Å². The predicted molar refractivity (Wildman–Crippen MR) is 94.2 cm³/mol. The van der Waals surface area contributed by atoms with Crippen molar-refractivity contribution >= 4 is 34.9 Å². The van der Waals surface area contributed by atoms with Gasteiger partial charge in [0.05, 0.1) is 22.2 Å². The fourth-order valence-electron chi connectivity index (χ4n) is 2.03. The largest absolute Gasteiger partial charge is 0.490 e. The van der Waals surface area contributed by atoms with E-state index >= 15 is 0 Å². The summed E-state index contributed by atoms with van der Waals surface area (Å²) in [5.41, 5.74) is 1.20. The molecular formula is C17H17Cl2NO4. The van der Waals surface area contributed by atoms with E-state index in [-0.39, 0.29) is 5.56 Å². The third-order valence-corrected chi connectivity index (χ3v) is 3.78. The van der Waals surface area contributed by atoms with Crippen molar-refractivity contribution in [2.75, 3.05) is 11.9 Å². The minimum absolute atomic E-state index is 0.165. The monoisotopic (exact) mass is 369 g/mol. The average molecular weight is 370 g/mol. The molecule has 0 saturated heterocycles. The summed E-state index contributed by atoms with van der Waals surface area (Å²) in [6, 6.07) is 9.16. The molecule has 0 bridgehead atoms. The lowest BCUT2D eigenvalue weighted by molar-refractivity contribution is 0.0697. The van der Waals surface area contributed by atoms with Crippen LogP contribution in [-0.2, 0) is 0 Å². The number of hydrogen-bond acceptors (Lipinski definition) is 4. The molecule has 0 amide bonds. The molecule has 7 heteroatoms. The standard InChI is InChI=1S/C17H17Cl2NO4/c1-2-7-24-15-13(18)8-11(9-14(15)19)16(21)20-12-5-3-10(4-6-12)17(22)23/h3-6,8-9,16,20-21H,2,7H2,1H3,(H,22,23). The molecule has 0 radical (unpaired) electrons. The number of hydrogen-bond donors (Lipinski definition) is 3. The van der Waals surface area contributed by atoms with Gasteiger partial charge in [-0.3, -0.25) is 0 Å². The molecule has 24 heavy (non-hydrogen) atoms. The summed E-state index contributed by atoms with van der Waals surface area (Å²) in [7, 11) is 0. The zero-order valence-electron chi connectivity index (χ0n) is 12.9. The summed E-state index contributed by atoms with van der Waals surface area (Å²) in [6.45, 7) is 2.47. The Kier molecular flexibility index (Phi) is 6.31. The number of ether oxygens (including phenoxy) is 1. The molecule has 3 N–H and O–H groups in total. The molecule has 0 aromatic heterocycles. The molecule has 2 aromatic rings. The molecule has 2 aromatic carbocycles. The smallest absolute Gasteiger partial charge is 0.335 e. The number of carbonyl (C=O) groups is 1. The number of aromatic carboxylic acids is 1. The zero-order valence-corrected chi connectivity index (χ0v) is 14.4. The van der Waals surface area contributed by atoms with Crippen LogP contribution in [0.3, 0.4) is 0 Å². The van der Waals surface area contributed by atoms with Crippen molar-refractivity contribution in [3.63, 3.8) is 0 Å². The Hall–Kier alpha value is -1.95. The molecule has 5 nitrogen and oxygen atoms in total. The van der Waals surface area contributed by atoms with Gasteiger partial charge in [0.1, 0.15) is 0 Å². The first-order valence-electron chi connectivity index (χ1n) is 7.32. The molecule has 128 valence electrons. The van der Waals surface area contributed by atoms with E-state index in [0.717, 1.165) is 6.42 Å². The van der Waals surface area contributed by atoms with Crippen molar-refractivity contribution in [1.29, 1.82) is 0 Å². The number of carboxylic acid groups (broad SMARTS) is 1. The maximum absolute atomic E-state index is 10.8. The zero-order chi connectivity index (χ0) is 17.7. The minimum Gasteiger partial charge on any atom is -0.490 e. The molecule has 0 saturated carbocycles. The van der Waals surface area contributed by atoms with E-state index < -0.39 is 12.2 Å². The minimum atomic E-state index is -1.06. The van der Waals surface area contributed by atoms with Crippen molar-refractivity contribution in [1.82, 2.24) is 0 Å². The third-order valence-electron chi connectivity index (χ3n) is 3.22. The van der Waals surface area contributed by atoms with Gasteiger partial charge in [-0.05, 0) is 42.8 Å². The van der Waals surface area contributed by atoms with E-state index in [4.69, 9.17) is 33.0 Å². The second-order valence-electron chi connectivity index (χ2n) is 5.09. The van der Waals surface area contributed by atoms with Gasteiger partial charge >= 0.3 is 5.97 Å². The number of aliphatic hydroxyl groups excluding tert-OH is 1. The van der Waals surface area contributed by atoms with Gasteiger partial charge < -0.3 is 20.3 Å². The van der Waals surface area contributed by atoms with Crippen molar-refractivity contribution in [2.45, 2.75) is 19.6 Å². The highest BCUT2D eigenvalue weighted by atomic mass is 35.5. The number of nitrogens with one attached hydrogen (secondary N) is 1. The number of benzene rings is 2. The van der Waals surface area contributed by atoms with Crippen LogP contribution in [0.2, 0.25) is 10.0 Å². The van der Waals surface area contributed by atoms with Crippen LogP contribution < -0.4 is 10.1 Å². The van der Waals surface area contributed by atoms with E-state index in [1.807, 2.05) is 6.92 Å². The molecule has 0 heterocycles. The van der Waals surface area contributed by atoms with E-state index in [2.05, 4.69) is 5.32 Å². The highest BCUT2D eigenvalue weighted by Gasteiger charge is 2.15. The van der Waals surface area contributed by atoms with Gasteiger partial charge in [-0.15, -0.1) is 0 Å². The van der Waals surface area contributed by atoms with Crippen molar-refractivity contribution in [3.8, 4) is 5.75 Å². The summed E-state index contributed by atoms with van der Waals surface area (Å²) < 4.78 is 5.48. The summed E-state index contributed by atoms with van der Waals surface area (Å²) in [6.07, 6.45) is -0.235. The van der Waals surface area contributed by atoms with E-state index in [0.29, 0.717) is 33.7 Å². The van der Waals surface area contributed by atoms with Crippen molar-refractivity contribution < 1.29 is 19.7 Å². The van der Waals surface area contributed by atoms with Crippen LogP contribution in [0.1, 0.15) is 35.5 Å². The van der Waals surface area contributed by atoms with Crippen LogP contribution in [0.4, 0.5) is 5.69 Å². The molecule has 1 unspecified atom stereocenters. The van der Waals surface area contributed by atoms with Crippen molar-refractivity contribution in [3.05, 3.63) is 57.6 Å². The summed E-state index contributed by atoms with van der Waals surface area (Å²) in [5, 5.41) is 22.6. The Bertz CT molecular complexity index is 696. The van der Waals surface area contributed by atoms with Crippen LogP contribution in [0.15, 0.2) is 36.4 Å². The number of aliphatic hydroxyl groups is 1. The highest BCUT2D eigenvalue weighted by molar-refractivity contribution is 6.37. The second-order valence-corrected chi connectivity index (χ2v) is 5.91. The lowest BCUT2D eigenvalue weighted by atomic mass is 10.1. The number of halogens is 2. The Morgan fingerprint density at radius 2 is 1.79 bits per heavy atom. The average Bonchev–Trinajstić information content (AvgIpc) is 2.54. The fourth-order valence-corrected chi connectivity index (χ4v) is 2.64. The Morgan fingerprint density at radius 1 is 1.21 bits per heavy atom. The van der Waals surface area contributed by atoms with E-state index in [1.54, 1.807) is 24.3 Å². The van der Waals surface area contributed by atoms with Crippen LogP contribution in [0.25, 0.3) is 0 Å². The quantitative estimate of drug-likeness (QED) is 0.622. The molecule has 0 aliphatic rings. The summed E-state index contributed by atoms with van der Waals surface area (Å²) in [4.78, 5) is 10.8. The van der Waals surface area contributed by atoms with Crippen LogP contribution in [0, 0.1) is 0 Å². The van der Waals surface area contributed by atoms with Gasteiger partial charge in [-0.25, -0.2) is 4.79 Å². The van der Waals surface area contributed by atoms with Crippen LogP contribution in [0.5, 0.6) is 5.75 Å². The van der Waals surface area contributed by atoms with Crippen LogP contribution in [-0.4, -0.2) is 22.8 Å². The molecular weight excluding hydrogens is 353 g/mol. The van der Waals surface area contributed by atoms with Gasteiger partial charge in [-0.1, -0.05) is 30.1 Å². The highest BCUT2D eigenvalue weighted by Crippen LogP contribution is 2.36. The van der Waals surface area contributed by atoms with Gasteiger partial charge in [-0.2, -0.15) is 0 Å². The molecule has 0 aliphatic carbocycles. The molecule has 0 fully saturated rings. The molecule has 0 aliphatic heterocycles. The lowest BCUT2D eigenvalue weighted by Crippen LogP contribution is -2.10.